The summed E-state index contributed by atoms with van der Waals surface area (Å²) in [6.07, 6.45) is 0. The summed E-state index contributed by atoms with van der Waals surface area (Å²) < 4.78 is 4.84. The number of methoxy groups -OCH3 is 1. The van der Waals surface area contributed by atoms with E-state index in [1.165, 1.54) is 25.3 Å². The third-order valence-corrected chi connectivity index (χ3v) is 1.47. The van der Waals surface area contributed by atoms with Crippen molar-refractivity contribution in [3.05, 3.63) is 23.8 Å². The number of carboxylic acids is 1. The molecule has 0 unspecified atom stereocenters. The van der Waals surface area contributed by atoms with Crippen molar-refractivity contribution in [2.24, 2.45) is 0 Å². The minimum atomic E-state index is -1.25. The third kappa shape index (κ3) is 2.91. The SMILES string of the molecule is COc1ccc(C(=O)[O-])cc1N.[Na+]. The Labute approximate surface area is 98.0 Å². The van der Waals surface area contributed by atoms with E-state index in [2.05, 4.69) is 0 Å². The number of benzene rings is 1. The number of nitrogen functional groups attached to an aromatic ring is 1. The van der Waals surface area contributed by atoms with Gasteiger partial charge in [-0.2, -0.15) is 0 Å². The molecule has 0 heterocycles. The van der Waals surface area contributed by atoms with Gasteiger partial charge in [-0.1, -0.05) is 0 Å². The summed E-state index contributed by atoms with van der Waals surface area (Å²) in [5.41, 5.74) is 5.79. The maximum absolute atomic E-state index is 10.3. The van der Waals surface area contributed by atoms with Crippen LogP contribution in [0.3, 0.4) is 0 Å². The Bertz CT molecular complexity index is 314. The Morgan fingerprint density at radius 1 is 1.54 bits per heavy atom. The Kier molecular flexibility index (Phi) is 4.83. The molecule has 0 aliphatic heterocycles. The largest absolute Gasteiger partial charge is 1.00 e. The molecule has 64 valence electrons. The summed E-state index contributed by atoms with van der Waals surface area (Å²) in [4.78, 5) is 10.3. The maximum atomic E-state index is 10.3. The van der Waals surface area contributed by atoms with E-state index in [4.69, 9.17) is 10.5 Å². The van der Waals surface area contributed by atoms with E-state index in [9.17, 15) is 9.90 Å². The van der Waals surface area contributed by atoms with Gasteiger partial charge in [0.15, 0.2) is 0 Å². The number of hydrogen-bond donors (Lipinski definition) is 1. The van der Waals surface area contributed by atoms with E-state index < -0.39 is 5.97 Å². The first-order valence-electron chi connectivity index (χ1n) is 3.30. The number of carbonyl (C=O) groups is 1. The van der Waals surface area contributed by atoms with Crippen LogP contribution in [0.5, 0.6) is 5.75 Å². The molecule has 1 aromatic carbocycles. The summed E-state index contributed by atoms with van der Waals surface area (Å²) in [5, 5.41) is 10.3. The second kappa shape index (κ2) is 5.11. The predicted molar refractivity (Wildman–Crippen MR) is 41.7 cm³/mol. The first-order chi connectivity index (χ1) is 5.65. The average molecular weight is 189 g/mol. The van der Waals surface area contributed by atoms with Gasteiger partial charge in [-0.05, 0) is 23.8 Å². The maximum Gasteiger partial charge on any atom is 1.00 e. The summed E-state index contributed by atoms with van der Waals surface area (Å²) >= 11 is 0. The second-order valence-corrected chi connectivity index (χ2v) is 2.24. The molecule has 5 heteroatoms. The number of anilines is 1. The molecule has 13 heavy (non-hydrogen) atoms. The van der Waals surface area contributed by atoms with E-state index >= 15 is 0 Å². The molecule has 0 atom stereocenters. The molecule has 0 amide bonds. The van der Waals surface area contributed by atoms with Crippen molar-refractivity contribution in [3.8, 4) is 5.75 Å². The predicted octanol–water partition coefficient (Wildman–Crippen LogP) is -3.36. The van der Waals surface area contributed by atoms with Gasteiger partial charge in [0.1, 0.15) is 5.75 Å². The minimum absolute atomic E-state index is 0. The molecule has 4 nitrogen and oxygen atoms in total. The second-order valence-electron chi connectivity index (χ2n) is 2.24. The Balaban J connectivity index is 0.00000144. The Hall–Kier alpha value is -0.710. The van der Waals surface area contributed by atoms with Crippen LogP contribution in [0.2, 0.25) is 0 Å². The molecule has 0 saturated carbocycles. The molecular formula is C8H8NNaO3. The smallest absolute Gasteiger partial charge is 0.545 e. The van der Waals surface area contributed by atoms with Crippen LogP contribution in [0.1, 0.15) is 10.4 Å². The molecule has 0 aliphatic carbocycles. The van der Waals surface area contributed by atoms with Gasteiger partial charge in [-0.3, -0.25) is 0 Å². The van der Waals surface area contributed by atoms with Crippen LogP contribution in [-0.2, 0) is 0 Å². The molecule has 0 aromatic heterocycles. The zero-order valence-electron chi connectivity index (χ0n) is 7.53. The van der Waals surface area contributed by atoms with Gasteiger partial charge in [-0.15, -0.1) is 0 Å². The summed E-state index contributed by atoms with van der Waals surface area (Å²) in [5.74, 6) is -0.788. The molecule has 0 radical (unpaired) electrons. The van der Waals surface area contributed by atoms with Crippen LogP contribution >= 0.6 is 0 Å². The summed E-state index contributed by atoms with van der Waals surface area (Å²) in [6, 6.07) is 4.17. The van der Waals surface area contributed by atoms with E-state index in [0.717, 1.165) is 0 Å². The van der Waals surface area contributed by atoms with Crippen LogP contribution < -0.4 is 45.1 Å². The standard InChI is InChI=1S/C8H9NO3.Na/c1-12-7-3-2-5(8(10)11)4-6(7)9;/h2-4H,9H2,1H3,(H,10,11);/q;+1/p-1. The van der Waals surface area contributed by atoms with E-state index in [0.29, 0.717) is 11.4 Å². The number of ether oxygens (including phenoxy) is 1. The van der Waals surface area contributed by atoms with Gasteiger partial charge >= 0.3 is 29.6 Å². The van der Waals surface area contributed by atoms with Crippen molar-refractivity contribution in [1.29, 1.82) is 0 Å². The molecular weight excluding hydrogens is 181 g/mol. The van der Waals surface area contributed by atoms with Gasteiger partial charge < -0.3 is 20.4 Å². The zero-order valence-corrected chi connectivity index (χ0v) is 9.53. The molecule has 0 bridgehead atoms. The van der Waals surface area contributed by atoms with Crippen molar-refractivity contribution in [2.75, 3.05) is 12.8 Å². The van der Waals surface area contributed by atoms with E-state index in [1.54, 1.807) is 0 Å². The van der Waals surface area contributed by atoms with Gasteiger partial charge in [0.2, 0.25) is 0 Å². The first kappa shape index (κ1) is 12.3. The fourth-order valence-electron chi connectivity index (χ4n) is 0.861. The van der Waals surface area contributed by atoms with Crippen LogP contribution in [0, 0.1) is 0 Å². The Morgan fingerprint density at radius 2 is 2.15 bits per heavy atom. The van der Waals surface area contributed by atoms with Crippen LogP contribution in [0.4, 0.5) is 5.69 Å². The zero-order chi connectivity index (χ0) is 9.14. The van der Waals surface area contributed by atoms with Crippen LogP contribution in [0.25, 0.3) is 0 Å². The Morgan fingerprint density at radius 3 is 2.54 bits per heavy atom. The first-order valence-corrected chi connectivity index (χ1v) is 3.30. The quantitative estimate of drug-likeness (QED) is 0.389. The molecule has 0 saturated heterocycles. The summed E-state index contributed by atoms with van der Waals surface area (Å²) in [7, 11) is 1.46. The normalized spacial score (nSPS) is 8.69. The fraction of sp³-hybridized carbons (Fsp3) is 0.125. The molecule has 1 aromatic rings. The van der Waals surface area contributed by atoms with Gasteiger partial charge in [0.05, 0.1) is 18.8 Å². The molecule has 1 rings (SSSR count). The fourth-order valence-corrected chi connectivity index (χ4v) is 0.861. The van der Waals surface area contributed by atoms with Gasteiger partial charge in [0.25, 0.3) is 0 Å². The van der Waals surface area contributed by atoms with Crippen LogP contribution in [0.15, 0.2) is 18.2 Å². The average Bonchev–Trinajstić information content (AvgIpc) is 2.04. The molecule has 0 aliphatic rings. The van der Waals surface area contributed by atoms with Gasteiger partial charge in [0, 0.05) is 0 Å². The molecule has 2 N–H and O–H groups in total. The number of hydrogen-bond acceptors (Lipinski definition) is 4. The van der Waals surface area contributed by atoms with Crippen LogP contribution in [-0.4, -0.2) is 13.1 Å². The van der Waals surface area contributed by atoms with Gasteiger partial charge in [-0.25, -0.2) is 0 Å². The van der Waals surface area contributed by atoms with Crippen molar-refractivity contribution < 1.29 is 44.2 Å². The topological polar surface area (TPSA) is 75.4 Å². The number of carbonyl (C=O) groups excluding carboxylic acids is 1. The molecule has 0 spiro atoms. The number of aromatic carboxylic acids is 1. The van der Waals surface area contributed by atoms with Crippen molar-refractivity contribution >= 4 is 11.7 Å². The number of nitrogens with two attached hydrogens (primary N) is 1. The third-order valence-electron chi connectivity index (χ3n) is 1.47. The van der Waals surface area contributed by atoms with Crippen molar-refractivity contribution in [3.63, 3.8) is 0 Å². The molecule has 0 fully saturated rings. The minimum Gasteiger partial charge on any atom is -0.545 e. The number of rotatable bonds is 2. The van der Waals surface area contributed by atoms with Crippen molar-refractivity contribution in [2.45, 2.75) is 0 Å². The monoisotopic (exact) mass is 189 g/mol. The summed E-state index contributed by atoms with van der Waals surface area (Å²) in [6.45, 7) is 0. The van der Waals surface area contributed by atoms with E-state index in [1.807, 2.05) is 0 Å². The number of carboxylic acid groups (broad SMARTS) is 1. The van der Waals surface area contributed by atoms with Crippen molar-refractivity contribution in [1.82, 2.24) is 0 Å². The van der Waals surface area contributed by atoms with E-state index in [-0.39, 0.29) is 35.1 Å².